The molecule has 0 aliphatic carbocycles. The van der Waals surface area contributed by atoms with E-state index in [4.69, 9.17) is 4.74 Å². The first-order chi connectivity index (χ1) is 8.90. The van der Waals surface area contributed by atoms with Crippen LogP contribution in [0.4, 0.5) is 9.59 Å². The highest BCUT2D eigenvalue weighted by Crippen LogP contribution is 2.31. The van der Waals surface area contributed by atoms with Crippen LogP contribution in [0.1, 0.15) is 13.8 Å². The summed E-state index contributed by atoms with van der Waals surface area (Å²) in [6, 6.07) is -0.957. The minimum absolute atomic E-state index is 0.0167. The van der Waals surface area contributed by atoms with E-state index in [1.807, 2.05) is 0 Å². The Hall–Kier alpha value is -1.58. The molecular formula is C10H18N4O5. The molecule has 0 spiro atoms. The van der Waals surface area contributed by atoms with E-state index in [0.717, 1.165) is 9.80 Å². The van der Waals surface area contributed by atoms with Crippen LogP contribution in [0.3, 0.4) is 0 Å². The van der Waals surface area contributed by atoms with Gasteiger partial charge in [-0.15, -0.1) is 0 Å². The molecule has 3 N–H and O–H groups in total. The first kappa shape index (κ1) is 13.8. The highest BCUT2D eigenvalue weighted by molar-refractivity contribution is 5.85. The average Bonchev–Trinajstić information content (AvgIpc) is 2.74. The van der Waals surface area contributed by atoms with Gasteiger partial charge in [0.1, 0.15) is 25.4 Å². The van der Waals surface area contributed by atoms with Crippen molar-refractivity contribution in [2.75, 3.05) is 13.8 Å². The van der Waals surface area contributed by atoms with Gasteiger partial charge < -0.3 is 20.3 Å². The maximum absolute atomic E-state index is 12.2. The molecule has 2 fully saturated rings. The second-order valence-electron chi connectivity index (χ2n) is 4.56. The molecule has 2 aliphatic heterocycles. The summed E-state index contributed by atoms with van der Waals surface area (Å²) in [6.07, 6.45) is -3.60. The zero-order chi connectivity index (χ0) is 14.3. The number of nitrogens with zero attached hydrogens (tertiary/aromatic N) is 3. The number of carbonyl (C=O) groups is 2. The van der Waals surface area contributed by atoms with Crippen molar-refractivity contribution in [3.63, 3.8) is 0 Å². The molecule has 19 heavy (non-hydrogen) atoms. The predicted octanol–water partition coefficient (Wildman–Crippen LogP) is -1.32. The molecule has 108 valence electrons. The molecular weight excluding hydrogens is 256 g/mol. The molecule has 2 saturated heterocycles. The normalized spacial score (nSPS) is 29.6. The molecule has 0 saturated carbocycles. The molecule has 4 atom stereocenters. The van der Waals surface area contributed by atoms with Crippen molar-refractivity contribution in [2.24, 2.45) is 0 Å². The van der Waals surface area contributed by atoms with Crippen molar-refractivity contribution in [2.45, 2.75) is 38.6 Å². The van der Waals surface area contributed by atoms with Crippen molar-refractivity contribution in [3.8, 4) is 0 Å². The van der Waals surface area contributed by atoms with Crippen LogP contribution in [0.5, 0.6) is 0 Å². The lowest BCUT2D eigenvalue weighted by atomic mass is 10.3. The van der Waals surface area contributed by atoms with Gasteiger partial charge >= 0.3 is 12.1 Å². The summed E-state index contributed by atoms with van der Waals surface area (Å²) in [5, 5.41) is 22.0. The summed E-state index contributed by atoms with van der Waals surface area (Å²) in [7, 11) is 1.43. The fraction of sp³-hybridized carbons (Fsp3) is 0.800. The topological polar surface area (TPSA) is 106 Å². The van der Waals surface area contributed by atoms with Crippen LogP contribution in [0.15, 0.2) is 0 Å². The van der Waals surface area contributed by atoms with Gasteiger partial charge in [0.2, 0.25) is 0 Å². The van der Waals surface area contributed by atoms with E-state index in [1.165, 1.54) is 25.9 Å². The third-order valence-electron chi connectivity index (χ3n) is 3.23. The van der Waals surface area contributed by atoms with Crippen LogP contribution in [0, 0.1) is 0 Å². The number of methoxy groups -OCH3 is 1. The van der Waals surface area contributed by atoms with Crippen molar-refractivity contribution in [1.29, 1.82) is 0 Å². The summed E-state index contributed by atoms with van der Waals surface area (Å²) < 4.78 is 4.93. The molecule has 9 nitrogen and oxygen atoms in total. The van der Waals surface area contributed by atoms with E-state index in [-0.39, 0.29) is 6.73 Å². The first-order valence-electron chi connectivity index (χ1n) is 5.93. The van der Waals surface area contributed by atoms with E-state index in [1.54, 1.807) is 0 Å². The number of ether oxygens (including phenoxy) is 1. The van der Waals surface area contributed by atoms with Crippen LogP contribution in [-0.4, -0.2) is 75.6 Å². The zero-order valence-electron chi connectivity index (χ0n) is 11.0. The number of amides is 4. The third kappa shape index (κ3) is 1.99. The van der Waals surface area contributed by atoms with Crippen molar-refractivity contribution in [1.82, 2.24) is 20.0 Å². The molecule has 0 aromatic heterocycles. The lowest BCUT2D eigenvalue weighted by Crippen LogP contribution is -2.53. The Balaban J connectivity index is 2.36. The first-order valence-corrected chi connectivity index (χ1v) is 5.93. The number of urea groups is 2. The maximum Gasteiger partial charge on any atom is 0.327 e. The summed E-state index contributed by atoms with van der Waals surface area (Å²) in [6.45, 7) is 2.83. The van der Waals surface area contributed by atoms with Crippen molar-refractivity contribution in [3.05, 3.63) is 0 Å². The fourth-order valence-corrected chi connectivity index (χ4v) is 2.50. The fourth-order valence-electron chi connectivity index (χ4n) is 2.50. The second-order valence-corrected chi connectivity index (χ2v) is 4.56. The number of hydrogen-bond donors (Lipinski definition) is 3. The van der Waals surface area contributed by atoms with Gasteiger partial charge in [0.25, 0.3) is 0 Å². The molecule has 2 aliphatic rings. The van der Waals surface area contributed by atoms with Gasteiger partial charge in [0, 0.05) is 7.11 Å². The van der Waals surface area contributed by atoms with E-state index >= 15 is 0 Å². The Morgan fingerprint density at radius 2 is 1.84 bits per heavy atom. The number of fused-ring (bicyclic) bond motifs is 1. The minimum atomic E-state index is -1.09. The van der Waals surface area contributed by atoms with Crippen LogP contribution in [0.25, 0.3) is 0 Å². The lowest BCUT2D eigenvalue weighted by Gasteiger charge is -2.32. The van der Waals surface area contributed by atoms with Gasteiger partial charge in [0.05, 0.1) is 0 Å². The molecule has 4 amide bonds. The van der Waals surface area contributed by atoms with Crippen LogP contribution in [0.2, 0.25) is 0 Å². The molecule has 2 heterocycles. The summed E-state index contributed by atoms with van der Waals surface area (Å²) >= 11 is 0. The largest absolute Gasteiger partial charge is 0.374 e. The molecule has 0 aromatic rings. The molecule has 4 unspecified atom stereocenters. The van der Waals surface area contributed by atoms with Gasteiger partial charge in [0.15, 0.2) is 6.17 Å². The number of aliphatic hydroxyl groups excluding tert-OH is 2. The maximum atomic E-state index is 12.2. The number of nitrogens with one attached hydrogen (secondary N) is 1. The van der Waals surface area contributed by atoms with Crippen molar-refractivity contribution >= 4 is 12.1 Å². The van der Waals surface area contributed by atoms with Crippen LogP contribution < -0.4 is 5.32 Å². The molecule has 0 aromatic carbocycles. The monoisotopic (exact) mass is 274 g/mol. The Morgan fingerprint density at radius 1 is 1.26 bits per heavy atom. The van der Waals surface area contributed by atoms with Crippen LogP contribution in [-0.2, 0) is 4.74 Å². The SMILES string of the molecule is COCN1C(=O)N(C(C)O)C2C1NC(=O)N2C(C)O. The highest BCUT2D eigenvalue weighted by Gasteiger charge is 2.57. The number of rotatable bonds is 4. The van der Waals surface area contributed by atoms with E-state index in [0.29, 0.717) is 0 Å². The minimum Gasteiger partial charge on any atom is -0.374 e. The molecule has 9 heteroatoms. The number of hydrogen-bond acceptors (Lipinski definition) is 5. The Labute approximate surface area is 110 Å². The zero-order valence-corrected chi connectivity index (χ0v) is 11.0. The second kappa shape index (κ2) is 4.83. The third-order valence-corrected chi connectivity index (χ3v) is 3.23. The summed E-state index contributed by atoms with van der Waals surface area (Å²) in [5.41, 5.74) is 0. The summed E-state index contributed by atoms with van der Waals surface area (Å²) in [4.78, 5) is 27.5. The number of aliphatic hydroxyl groups is 2. The summed E-state index contributed by atoms with van der Waals surface area (Å²) in [5.74, 6) is 0. The van der Waals surface area contributed by atoms with Gasteiger partial charge in [-0.1, -0.05) is 0 Å². The van der Waals surface area contributed by atoms with Gasteiger partial charge in [-0.3, -0.25) is 14.7 Å². The van der Waals surface area contributed by atoms with Gasteiger partial charge in [-0.05, 0) is 13.8 Å². The van der Waals surface area contributed by atoms with Crippen LogP contribution >= 0.6 is 0 Å². The van der Waals surface area contributed by atoms with E-state index in [2.05, 4.69) is 5.32 Å². The van der Waals surface area contributed by atoms with E-state index in [9.17, 15) is 19.8 Å². The Kier molecular flexibility index (Phi) is 3.52. The van der Waals surface area contributed by atoms with Gasteiger partial charge in [-0.2, -0.15) is 0 Å². The van der Waals surface area contributed by atoms with Crippen molar-refractivity contribution < 1.29 is 24.5 Å². The molecule has 2 rings (SSSR count). The molecule has 0 radical (unpaired) electrons. The Morgan fingerprint density at radius 3 is 2.32 bits per heavy atom. The standard InChI is InChI=1S/C10H18N4O5/c1-5(15)13-8-7(11-9(13)17)12(4-19-3)10(18)14(8)6(2)16/h5-8,15-16H,4H2,1-3H3,(H,11,17). The van der Waals surface area contributed by atoms with E-state index < -0.39 is 36.8 Å². The smallest absolute Gasteiger partial charge is 0.327 e. The Bertz CT molecular complexity index is 388. The van der Waals surface area contributed by atoms with Gasteiger partial charge in [-0.25, -0.2) is 9.59 Å². The average molecular weight is 274 g/mol. The highest BCUT2D eigenvalue weighted by atomic mass is 16.5. The number of carbonyl (C=O) groups excluding carboxylic acids is 2. The quantitative estimate of drug-likeness (QED) is 0.590. The lowest BCUT2D eigenvalue weighted by molar-refractivity contribution is -0.0479. The molecule has 0 bridgehead atoms. The predicted molar refractivity (Wildman–Crippen MR) is 62.3 cm³/mol.